The van der Waals surface area contributed by atoms with Gasteiger partial charge in [0.25, 0.3) is 5.69 Å². The highest BCUT2D eigenvalue weighted by Gasteiger charge is 2.33. The van der Waals surface area contributed by atoms with Crippen LogP contribution in [-0.4, -0.2) is 9.91 Å². The van der Waals surface area contributed by atoms with Crippen LogP contribution in [0.2, 0.25) is 0 Å². The summed E-state index contributed by atoms with van der Waals surface area (Å²) in [6.07, 6.45) is -4.54. The van der Waals surface area contributed by atoms with Crippen molar-refractivity contribution in [3.8, 4) is 0 Å². The van der Waals surface area contributed by atoms with Crippen LogP contribution >= 0.6 is 0 Å². The third kappa shape index (κ3) is 1.83. The molecule has 90 valence electrons. The van der Waals surface area contributed by atoms with Gasteiger partial charge >= 0.3 is 6.18 Å². The summed E-state index contributed by atoms with van der Waals surface area (Å²) in [5, 5.41) is 10.7. The van der Waals surface area contributed by atoms with E-state index >= 15 is 0 Å². The van der Waals surface area contributed by atoms with E-state index in [2.05, 4.69) is 4.98 Å². The normalized spacial score (nSPS) is 12.0. The number of non-ortho nitro benzene ring substituents is 1. The molecule has 0 aliphatic rings. The van der Waals surface area contributed by atoms with Gasteiger partial charge in [0.1, 0.15) is 5.69 Å². The third-order valence-corrected chi connectivity index (χ3v) is 2.48. The summed E-state index contributed by atoms with van der Waals surface area (Å²) in [6, 6.07) is 3.38. The Morgan fingerprint density at radius 2 is 2.00 bits per heavy atom. The van der Waals surface area contributed by atoms with Gasteiger partial charge in [-0.05, 0) is 18.6 Å². The van der Waals surface area contributed by atoms with Gasteiger partial charge in [-0.2, -0.15) is 13.2 Å². The van der Waals surface area contributed by atoms with Gasteiger partial charge < -0.3 is 4.98 Å². The van der Waals surface area contributed by atoms with E-state index in [0.717, 1.165) is 6.07 Å². The monoisotopic (exact) mass is 244 g/mol. The van der Waals surface area contributed by atoms with Crippen LogP contribution in [0.4, 0.5) is 18.9 Å². The molecule has 1 heterocycles. The van der Waals surface area contributed by atoms with Crippen LogP contribution in [-0.2, 0) is 6.18 Å². The second-order valence-electron chi connectivity index (χ2n) is 3.63. The Kier molecular flexibility index (Phi) is 2.34. The van der Waals surface area contributed by atoms with Crippen molar-refractivity contribution in [2.45, 2.75) is 13.1 Å². The standard InChI is InChI=1S/C10H7F3N2O2/c1-5-2-3-7(15(16)17)6-4-8(10(11,12)13)14-9(5)6/h2-4,14H,1H3. The fraction of sp³-hybridized carbons (Fsp3) is 0.200. The van der Waals surface area contributed by atoms with E-state index in [9.17, 15) is 23.3 Å². The molecule has 7 heteroatoms. The van der Waals surface area contributed by atoms with Gasteiger partial charge in [0.15, 0.2) is 0 Å². The highest BCUT2D eigenvalue weighted by atomic mass is 19.4. The predicted molar refractivity (Wildman–Crippen MR) is 54.7 cm³/mol. The van der Waals surface area contributed by atoms with Crippen LogP contribution in [0.15, 0.2) is 18.2 Å². The zero-order valence-electron chi connectivity index (χ0n) is 8.63. The molecule has 17 heavy (non-hydrogen) atoms. The predicted octanol–water partition coefficient (Wildman–Crippen LogP) is 3.40. The molecular weight excluding hydrogens is 237 g/mol. The molecule has 0 spiro atoms. The van der Waals surface area contributed by atoms with Crippen molar-refractivity contribution in [1.29, 1.82) is 0 Å². The molecule has 0 saturated heterocycles. The maximum atomic E-state index is 12.5. The molecular formula is C10H7F3N2O2. The van der Waals surface area contributed by atoms with Crippen molar-refractivity contribution in [3.63, 3.8) is 0 Å². The number of hydrogen-bond acceptors (Lipinski definition) is 2. The Balaban J connectivity index is 2.79. The van der Waals surface area contributed by atoms with Gasteiger partial charge in [0.2, 0.25) is 0 Å². The minimum Gasteiger partial charge on any atom is -0.351 e. The quantitative estimate of drug-likeness (QED) is 0.617. The molecule has 2 aromatic rings. The second-order valence-corrected chi connectivity index (χ2v) is 3.63. The number of fused-ring (bicyclic) bond motifs is 1. The number of nitrogens with one attached hydrogen (secondary N) is 1. The maximum Gasteiger partial charge on any atom is 0.431 e. The molecule has 0 aliphatic carbocycles. The number of hydrogen-bond donors (Lipinski definition) is 1. The smallest absolute Gasteiger partial charge is 0.351 e. The fourth-order valence-electron chi connectivity index (χ4n) is 1.66. The van der Waals surface area contributed by atoms with Gasteiger partial charge in [-0.25, -0.2) is 0 Å². The van der Waals surface area contributed by atoms with Crippen LogP contribution in [0, 0.1) is 17.0 Å². The van der Waals surface area contributed by atoms with E-state index in [1.807, 2.05) is 0 Å². The number of halogens is 3. The lowest BCUT2D eigenvalue weighted by molar-refractivity contribution is -0.383. The van der Waals surface area contributed by atoms with Gasteiger partial charge in [0, 0.05) is 6.07 Å². The van der Waals surface area contributed by atoms with Crippen molar-refractivity contribution in [2.24, 2.45) is 0 Å². The number of nitro benzene ring substituents is 1. The van der Waals surface area contributed by atoms with E-state index in [1.54, 1.807) is 6.92 Å². The number of H-pyrrole nitrogens is 1. The van der Waals surface area contributed by atoms with Crippen LogP contribution in [0.5, 0.6) is 0 Å². The molecule has 0 saturated carbocycles. The zero-order chi connectivity index (χ0) is 12.8. The lowest BCUT2D eigenvalue weighted by atomic mass is 10.1. The molecule has 4 nitrogen and oxygen atoms in total. The molecule has 1 aromatic carbocycles. The van der Waals surface area contributed by atoms with Gasteiger partial charge in [-0.15, -0.1) is 0 Å². The maximum absolute atomic E-state index is 12.5. The third-order valence-electron chi connectivity index (χ3n) is 2.48. The summed E-state index contributed by atoms with van der Waals surface area (Å²) in [6.45, 7) is 1.59. The summed E-state index contributed by atoms with van der Waals surface area (Å²) in [7, 11) is 0. The van der Waals surface area contributed by atoms with Crippen molar-refractivity contribution < 1.29 is 18.1 Å². The van der Waals surface area contributed by atoms with Gasteiger partial charge in [-0.3, -0.25) is 10.1 Å². The summed E-state index contributed by atoms with van der Waals surface area (Å²) < 4.78 is 37.5. The van der Waals surface area contributed by atoms with E-state index in [0.29, 0.717) is 5.56 Å². The van der Waals surface area contributed by atoms with Crippen molar-refractivity contribution in [2.75, 3.05) is 0 Å². The first kappa shape index (κ1) is 11.4. The molecule has 0 atom stereocenters. The Hall–Kier alpha value is -2.05. The number of nitrogens with zero attached hydrogens (tertiary/aromatic N) is 1. The largest absolute Gasteiger partial charge is 0.431 e. The van der Waals surface area contributed by atoms with Crippen molar-refractivity contribution in [3.05, 3.63) is 39.6 Å². The number of rotatable bonds is 1. The first-order valence-electron chi connectivity index (χ1n) is 4.64. The Labute approximate surface area is 93.2 Å². The van der Waals surface area contributed by atoms with Crippen LogP contribution < -0.4 is 0 Å². The topological polar surface area (TPSA) is 58.9 Å². The Morgan fingerprint density at radius 1 is 1.35 bits per heavy atom. The zero-order valence-corrected chi connectivity index (χ0v) is 8.63. The summed E-state index contributed by atoms with van der Waals surface area (Å²) in [5.41, 5.74) is -0.644. The SMILES string of the molecule is Cc1ccc([N+](=O)[O-])c2cc(C(F)(F)F)[nH]c12. The summed E-state index contributed by atoms with van der Waals surface area (Å²) in [4.78, 5) is 12.2. The van der Waals surface area contributed by atoms with Gasteiger partial charge in [0.05, 0.1) is 15.8 Å². The Morgan fingerprint density at radius 3 is 2.53 bits per heavy atom. The first-order chi connectivity index (χ1) is 7.80. The van der Waals surface area contributed by atoms with Crippen LogP contribution in [0.25, 0.3) is 10.9 Å². The molecule has 2 rings (SSSR count). The molecule has 0 radical (unpaired) electrons. The average molecular weight is 244 g/mol. The summed E-state index contributed by atoms with van der Waals surface area (Å²) >= 11 is 0. The van der Waals surface area contributed by atoms with Gasteiger partial charge in [-0.1, -0.05) is 6.07 Å². The molecule has 1 N–H and O–H groups in total. The second kappa shape index (κ2) is 3.47. The lowest BCUT2D eigenvalue weighted by Gasteiger charge is -2.01. The van der Waals surface area contributed by atoms with Crippen LogP contribution in [0.3, 0.4) is 0 Å². The number of alkyl halides is 3. The molecule has 0 amide bonds. The van der Waals surface area contributed by atoms with E-state index in [4.69, 9.17) is 0 Å². The molecule has 1 aromatic heterocycles. The van der Waals surface area contributed by atoms with E-state index in [-0.39, 0.29) is 16.6 Å². The summed E-state index contributed by atoms with van der Waals surface area (Å²) in [5.74, 6) is 0. The average Bonchev–Trinajstić information content (AvgIpc) is 2.62. The molecule has 0 bridgehead atoms. The van der Waals surface area contributed by atoms with Crippen LogP contribution in [0.1, 0.15) is 11.3 Å². The van der Waals surface area contributed by atoms with Crippen molar-refractivity contribution in [1.82, 2.24) is 4.98 Å². The number of aromatic amines is 1. The minimum absolute atomic E-state index is 0.0256. The fourth-order valence-corrected chi connectivity index (χ4v) is 1.66. The number of aromatic nitrogens is 1. The molecule has 0 unspecified atom stereocenters. The highest BCUT2D eigenvalue weighted by Crippen LogP contribution is 2.35. The van der Waals surface area contributed by atoms with E-state index < -0.39 is 16.8 Å². The van der Waals surface area contributed by atoms with E-state index in [1.165, 1.54) is 12.1 Å². The molecule has 0 fully saturated rings. The number of nitro groups is 1. The number of aryl methyl sites for hydroxylation is 1. The number of benzene rings is 1. The minimum atomic E-state index is -4.54. The lowest BCUT2D eigenvalue weighted by Crippen LogP contribution is -2.04. The first-order valence-corrected chi connectivity index (χ1v) is 4.64. The van der Waals surface area contributed by atoms with Crippen molar-refractivity contribution >= 4 is 16.6 Å². The highest BCUT2D eigenvalue weighted by molar-refractivity contribution is 5.91. The molecule has 0 aliphatic heterocycles. The Bertz CT molecular complexity index is 601.